The number of fused-ring (bicyclic) bond motifs is 1. The van der Waals surface area contributed by atoms with Crippen molar-refractivity contribution in [1.29, 1.82) is 0 Å². The van der Waals surface area contributed by atoms with Crippen molar-refractivity contribution in [2.45, 2.75) is 44.9 Å². The maximum atomic E-state index is 13.1. The number of aromatic nitrogens is 1. The molecule has 4 rings (SSSR count). The predicted molar refractivity (Wildman–Crippen MR) is 127 cm³/mol. The van der Waals surface area contributed by atoms with E-state index in [0.29, 0.717) is 12.5 Å². The summed E-state index contributed by atoms with van der Waals surface area (Å²) in [6.07, 6.45) is 7.28. The van der Waals surface area contributed by atoms with E-state index in [4.69, 9.17) is 4.74 Å². The number of H-pyrrole nitrogens is 1. The van der Waals surface area contributed by atoms with E-state index in [-0.39, 0.29) is 17.0 Å². The van der Waals surface area contributed by atoms with Crippen molar-refractivity contribution in [2.75, 3.05) is 40.3 Å². The number of nitrogens with zero attached hydrogens (tertiary/aromatic N) is 2. The molecule has 6 nitrogen and oxygen atoms in total. The molecule has 1 fully saturated rings. The number of hydrogen-bond donors (Lipinski definition) is 1. The maximum Gasteiger partial charge on any atom is 0.261 e. The minimum Gasteiger partial charge on any atom is -0.496 e. The lowest BCUT2D eigenvalue weighted by Crippen LogP contribution is -2.43. The van der Waals surface area contributed by atoms with Gasteiger partial charge in [-0.2, -0.15) is 0 Å². The fraction of sp³-hybridized carbons (Fsp3) is 0.538. The van der Waals surface area contributed by atoms with Crippen LogP contribution < -0.4 is 10.3 Å². The molecule has 0 saturated carbocycles. The lowest BCUT2D eigenvalue weighted by molar-refractivity contribution is 0.0728. The molecule has 0 radical (unpaired) electrons. The third kappa shape index (κ3) is 5.23. The van der Waals surface area contributed by atoms with Gasteiger partial charge in [-0.1, -0.05) is 18.2 Å². The molecule has 1 atom stereocenters. The summed E-state index contributed by atoms with van der Waals surface area (Å²) in [5, 5.41) is 0. The first kappa shape index (κ1) is 22.6. The van der Waals surface area contributed by atoms with Crippen LogP contribution in [0.25, 0.3) is 0 Å². The molecule has 1 N–H and O–H groups in total. The monoisotopic (exact) mass is 437 g/mol. The molecule has 1 aromatic heterocycles. The van der Waals surface area contributed by atoms with Crippen LogP contribution in [0.4, 0.5) is 0 Å². The van der Waals surface area contributed by atoms with Gasteiger partial charge in [-0.05, 0) is 80.7 Å². The maximum absolute atomic E-state index is 13.1. The molecule has 0 spiro atoms. The number of benzene rings is 1. The highest BCUT2D eigenvalue weighted by Crippen LogP contribution is 2.22. The molecule has 1 aromatic carbocycles. The summed E-state index contributed by atoms with van der Waals surface area (Å²) in [6, 6.07) is 10.0. The number of hydrogen-bond acceptors (Lipinski definition) is 4. The van der Waals surface area contributed by atoms with E-state index < -0.39 is 0 Å². The molecule has 2 heterocycles. The van der Waals surface area contributed by atoms with E-state index in [1.54, 1.807) is 12.0 Å². The van der Waals surface area contributed by atoms with Crippen LogP contribution in [0, 0.1) is 5.92 Å². The summed E-state index contributed by atoms with van der Waals surface area (Å²) >= 11 is 0. The van der Waals surface area contributed by atoms with Gasteiger partial charge in [-0.25, -0.2) is 0 Å². The smallest absolute Gasteiger partial charge is 0.261 e. The third-order valence-corrected chi connectivity index (χ3v) is 6.94. The van der Waals surface area contributed by atoms with E-state index in [0.717, 1.165) is 81.6 Å². The highest BCUT2D eigenvalue weighted by molar-refractivity contribution is 5.93. The molecule has 2 aromatic rings. The van der Waals surface area contributed by atoms with Crippen LogP contribution in [-0.2, 0) is 19.3 Å². The Bertz CT molecular complexity index is 1000. The summed E-state index contributed by atoms with van der Waals surface area (Å²) in [4.78, 5) is 32.8. The molecule has 6 heteroatoms. The largest absolute Gasteiger partial charge is 0.496 e. The van der Waals surface area contributed by atoms with Crippen molar-refractivity contribution >= 4 is 5.91 Å². The van der Waals surface area contributed by atoms with Crippen LogP contribution in [-0.4, -0.2) is 61.0 Å². The fourth-order valence-electron chi connectivity index (χ4n) is 5.20. The van der Waals surface area contributed by atoms with Crippen LogP contribution in [0.2, 0.25) is 0 Å². The Morgan fingerprint density at radius 1 is 1.22 bits per heavy atom. The number of piperidine rings is 1. The quantitative estimate of drug-likeness (QED) is 0.722. The molecule has 1 amide bonds. The van der Waals surface area contributed by atoms with E-state index in [2.05, 4.69) is 22.0 Å². The van der Waals surface area contributed by atoms with Crippen LogP contribution in [0.1, 0.15) is 52.9 Å². The average Bonchev–Trinajstić information content (AvgIpc) is 2.82. The number of aromatic amines is 1. The van der Waals surface area contributed by atoms with Crippen molar-refractivity contribution < 1.29 is 9.53 Å². The molecular weight excluding hydrogens is 402 g/mol. The standard InChI is InChI=1S/C26H35N3O3/c1-28(26(31)22-16-21-10-3-5-11-23(21)27-25(22)30)17-19-8-7-14-29(18-19)15-13-20-9-4-6-12-24(20)32-2/h4,6,9,12,16,19H,3,5,7-8,10-11,13-15,17-18H2,1-2H3,(H,27,30)/t19-/m0/s1. The van der Waals surface area contributed by atoms with Gasteiger partial charge in [0.1, 0.15) is 11.3 Å². The van der Waals surface area contributed by atoms with E-state index in [9.17, 15) is 9.59 Å². The topological polar surface area (TPSA) is 65.6 Å². The van der Waals surface area contributed by atoms with E-state index in [1.165, 1.54) is 5.56 Å². The number of pyridine rings is 1. The number of carbonyl (C=O) groups is 1. The molecule has 32 heavy (non-hydrogen) atoms. The number of rotatable bonds is 7. The zero-order valence-electron chi connectivity index (χ0n) is 19.4. The Labute approximate surface area is 190 Å². The van der Waals surface area contributed by atoms with Crippen LogP contribution in [0.5, 0.6) is 5.75 Å². The SMILES string of the molecule is COc1ccccc1CCN1CCC[C@@H](CN(C)C(=O)c2cc3c([nH]c2=O)CCCC3)C1. The predicted octanol–water partition coefficient (Wildman–Crippen LogP) is 3.29. The Morgan fingerprint density at radius 2 is 2.03 bits per heavy atom. The normalized spacial score (nSPS) is 18.8. The molecule has 172 valence electrons. The molecule has 1 saturated heterocycles. The number of methoxy groups -OCH3 is 1. The van der Waals surface area contributed by atoms with E-state index in [1.807, 2.05) is 25.2 Å². The summed E-state index contributed by atoms with van der Waals surface area (Å²) in [5.41, 5.74) is 3.42. The van der Waals surface area contributed by atoms with Gasteiger partial charge in [0.2, 0.25) is 0 Å². The zero-order valence-corrected chi connectivity index (χ0v) is 19.4. The molecule has 1 aliphatic heterocycles. The number of ether oxygens (including phenoxy) is 1. The van der Waals surface area contributed by atoms with Gasteiger partial charge < -0.3 is 19.5 Å². The second-order valence-corrected chi connectivity index (χ2v) is 9.28. The second kappa shape index (κ2) is 10.3. The summed E-state index contributed by atoms with van der Waals surface area (Å²) < 4.78 is 5.48. The average molecular weight is 438 g/mol. The minimum absolute atomic E-state index is 0.161. The van der Waals surface area contributed by atoms with Gasteiger partial charge >= 0.3 is 0 Å². The highest BCUT2D eigenvalue weighted by atomic mass is 16.5. The van der Waals surface area contributed by atoms with Gasteiger partial charge in [0.15, 0.2) is 0 Å². The second-order valence-electron chi connectivity index (χ2n) is 9.28. The number of aryl methyl sites for hydroxylation is 2. The molecule has 0 unspecified atom stereocenters. The van der Waals surface area contributed by atoms with Gasteiger partial charge in [0.25, 0.3) is 11.5 Å². The van der Waals surface area contributed by atoms with Crippen molar-refractivity contribution in [3.8, 4) is 5.75 Å². The number of amides is 1. The molecule has 1 aliphatic carbocycles. The Kier molecular flexibility index (Phi) is 7.30. The van der Waals surface area contributed by atoms with Gasteiger partial charge in [0.05, 0.1) is 7.11 Å². The molecule has 0 bridgehead atoms. The first-order valence-electron chi connectivity index (χ1n) is 11.9. The Morgan fingerprint density at radius 3 is 2.88 bits per heavy atom. The lowest BCUT2D eigenvalue weighted by atomic mass is 9.94. The van der Waals surface area contributed by atoms with E-state index >= 15 is 0 Å². The van der Waals surface area contributed by atoms with Gasteiger partial charge in [0, 0.05) is 32.4 Å². The minimum atomic E-state index is -0.246. The van der Waals surface area contributed by atoms with Crippen molar-refractivity contribution in [3.05, 3.63) is 63.1 Å². The first-order chi connectivity index (χ1) is 15.5. The van der Waals surface area contributed by atoms with Gasteiger partial charge in [-0.3, -0.25) is 9.59 Å². The number of carbonyl (C=O) groups excluding carboxylic acids is 1. The van der Waals surface area contributed by atoms with Crippen LogP contribution in [0.3, 0.4) is 0 Å². The number of para-hydroxylation sites is 1. The lowest BCUT2D eigenvalue weighted by Gasteiger charge is -2.34. The number of likely N-dealkylation sites (tertiary alicyclic amines) is 1. The van der Waals surface area contributed by atoms with Crippen molar-refractivity contribution in [2.24, 2.45) is 5.92 Å². The molecule has 2 aliphatic rings. The summed E-state index contributed by atoms with van der Waals surface area (Å²) in [6.45, 7) is 3.74. The molecular formula is C26H35N3O3. The first-order valence-corrected chi connectivity index (χ1v) is 11.9. The third-order valence-electron chi connectivity index (χ3n) is 6.94. The summed E-state index contributed by atoms with van der Waals surface area (Å²) in [7, 11) is 3.55. The van der Waals surface area contributed by atoms with Gasteiger partial charge in [-0.15, -0.1) is 0 Å². The van der Waals surface area contributed by atoms with Crippen molar-refractivity contribution in [1.82, 2.24) is 14.8 Å². The zero-order chi connectivity index (χ0) is 22.5. The Balaban J connectivity index is 1.34. The highest BCUT2D eigenvalue weighted by Gasteiger charge is 2.25. The summed E-state index contributed by atoms with van der Waals surface area (Å²) in [5.74, 6) is 1.21. The van der Waals surface area contributed by atoms with Crippen molar-refractivity contribution in [3.63, 3.8) is 0 Å². The Hall–Kier alpha value is -2.60. The number of nitrogens with one attached hydrogen (secondary N) is 1. The fourth-order valence-corrected chi connectivity index (χ4v) is 5.20. The van der Waals surface area contributed by atoms with Crippen LogP contribution >= 0.6 is 0 Å². The van der Waals surface area contributed by atoms with Crippen LogP contribution in [0.15, 0.2) is 35.1 Å².